The van der Waals surface area contributed by atoms with Gasteiger partial charge in [-0.15, -0.1) is 24.0 Å². The molecular weight excluding hydrogens is 463 g/mol. The molecule has 0 atom stereocenters. The first-order chi connectivity index (χ1) is 11.9. The van der Waals surface area contributed by atoms with Gasteiger partial charge in [-0.3, -0.25) is 4.99 Å². The molecule has 0 heterocycles. The molecule has 1 fully saturated rings. The highest BCUT2D eigenvalue weighted by atomic mass is 127. The first-order valence-corrected chi connectivity index (χ1v) is 10.6. The maximum Gasteiger partial charge on any atom is 0.216 e. The average molecular weight is 494 g/mol. The van der Waals surface area contributed by atoms with E-state index in [0.29, 0.717) is 12.6 Å². The monoisotopic (exact) mass is 494 g/mol. The molecule has 2 rings (SSSR count). The Morgan fingerprint density at radius 1 is 1.15 bits per heavy atom. The number of nitrogens with one attached hydrogen (secondary N) is 3. The molecule has 1 aliphatic rings. The largest absolute Gasteiger partial charge is 0.354 e. The van der Waals surface area contributed by atoms with Crippen LogP contribution in [0, 0.1) is 0 Å². The number of guanidine groups is 1. The second kappa shape index (κ2) is 11.1. The summed E-state index contributed by atoms with van der Waals surface area (Å²) in [4.78, 5) is 4.27. The van der Waals surface area contributed by atoms with Gasteiger partial charge in [0.15, 0.2) is 5.96 Å². The van der Waals surface area contributed by atoms with Crippen LogP contribution in [0.1, 0.15) is 50.7 Å². The molecular formula is C18H31IN4O2S. The first kappa shape index (κ1) is 23.2. The Labute approximate surface area is 174 Å². The van der Waals surface area contributed by atoms with Crippen LogP contribution in [0.25, 0.3) is 0 Å². The zero-order chi connectivity index (χ0) is 18.3. The Hall–Kier alpha value is -0.870. The molecule has 3 N–H and O–H groups in total. The Morgan fingerprint density at radius 2 is 1.73 bits per heavy atom. The lowest BCUT2D eigenvalue weighted by Crippen LogP contribution is -2.41. The van der Waals surface area contributed by atoms with E-state index in [1.54, 1.807) is 7.05 Å². The van der Waals surface area contributed by atoms with E-state index in [4.69, 9.17) is 0 Å². The van der Waals surface area contributed by atoms with Gasteiger partial charge < -0.3 is 10.6 Å². The van der Waals surface area contributed by atoms with Crippen molar-refractivity contribution in [3.05, 3.63) is 35.4 Å². The molecule has 148 valence electrons. The van der Waals surface area contributed by atoms with E-state index in [9.17, 15) is 8.42 Å². The van der Waals surface area contributed by atoms with Gasteiger partial charge in [0.2, 0.25) is 10.0 Å². The van der Waals surface area contributed by atoms with E-state index in [1.807, 2.05) is 38.1 Å². The third-order valence-corrected chi connectivity index (χ3v) is 5.72. The standard InChI is InChI=1S/C18H30N4O2S.HI/c1-14(2)22-25(23,24)13-16-10-8-15(9-11-16)12-20-18(19-3)21-17-6-4-5-7-17;/h8-11,14,17,22H,4-7,12-13H2,1-3H3,(H2,19,20,21);1H. The predicted octanol–water partition coefficient (Wildman–Crippen LogP) is 2.74. The van der Waals surface area contributed by atoms with Gasteiger partial charge in [0.05, 0.1) is 5.75 Å². The van der Waals surface area contributed by atoms with Gasteiger partial charge in [-0.25, -0.2) is 13.1 Å². The van der Waals surface area contributed by atoms with Gasteiger partial charge in [0.25, 0.3) is 0 Å². The summed E-state index contributed by atoms with van der Waals surface area (Å²) < 4.78 is 26.5. The average Bonchev–Trinajstić information content (AvgIpc) is 3.04. The molecule has 1 aromatic carbocycles. The van der Waals surface area contributed by atoms with E-state index in [2.05, 4.69) is 20.3 Å². The van der Waals surface area contributed by atoms with Crippen molar-refractivity contribution in [2.24, 2.45) is 4.99 Å². The van der Waals surface area contributed by atoms with Crippen molar-refractivity contribution >= 4 is 40.0 Å². The molecule has 0 bridgehead atoms. The van der Waals surface area contributed by atoms with Crippen LogP contribution >= 0.6 is 24.0 Å². The number of nitrogens with zero attached hydrogens (tertiary/aromatic N) is 1. The number of aliphatic imine (C=N–C) groups is 1. The lowest BCUT2D eigenvalue weighted by molar-refractivity contribution is 0.569. The normalized spacial score (nSPS) is 15.8. The summed E-state index contributed by atoms with van der Waals surface area (Å²) in [6, 6.07) is 8.07. The number of sulfonamides is 1. The van der Waals surface area contributed by atoms with Crippen LogP contribution < -0.4 is 15.4 Å². The van der Waals surface area contributed by atoms with Crippen molar-refractivity contribution < 1.29 is 8.42 Å². The quantitative estimate of drug-likeness (QED) is 0.309. The topological polar surface area (TPSA) is 82.6 Å². The van der Waals surface area contributed by atoms with Crippen LogP contribution in [0.15, 0.2) is 29.3 Å². The molecule has 1 aromatic rings. The number of rotatable bonds is 7. The highest BCUT2D eigenvalue weighted by Crippen LogP contribution is 2.17. The Bertz CT molecular complexity index is 669. The third kappa shape index (κ3) is 8.22. The molecule has 6 nitrogen and oxygen atoms in total. The fraction of sp³-hybridized carbons (Fsp3) is 0.611. The summed E-state index contributed by atoms with van der Waals surface area (Å²) in [5, 5.41) is 6.76. The number of halogens is 1. The summed E-state index contributed by atoms with van der Waals surface area (Å²) >= 11 is 0. The molecule has 1 aliphatic carbocycles. The molecule has 0 aliphatic heterocycles. The molecule has 0 aromatic heterocycles. The van der Waals surface area contributed by atoms with Crippen LogP contribution in [0.2, 0.25) is 0 Å². The summed E-state index contributed by atoms with van der Waals surface area (Å²) in [5.74, 6) is 0.823. The highest BCUT2D eigenvalue weighted by Gasteiger charge is 2.16. The number of hydrogen-bond donors (Lipinski definition) is 3. The minimum Gasteiger partial charge on any atom is -0.354 e. The van der Waals surface area contributed by atoms with Crippen molar-refractivity contribution in [2.45, 2.75) is 63.9 Å². The van der Waals surface area contributed by atoms with Crippen molar-refractivity contribution in [2.75, 3.05) is 7.05 Å². The van der Waals surface area contributed by atoms with Crippen LogP contribution in [0.5, 0.6) is 0 Å². The molecule has 1 saturated carbocycles. The molecule has 0 radical (unpaired) electrons. The van der Waals surface area contributed by atoms with E-state index >= 15 is 0 Å². The van der Waals surface area contributed by atoms with E-state index in [-0.39, 0.29) is 35.8 Å². The molecule has 26 heavy (non-hydrogen) atoms. The third-order valence-electron chi connectivity index (χ3n) is 4.17. The van der Waals surface area contributed by atoms with Crippen molar-refractivity contribution in [3.63, 3.8) is 0 Å². The summed E-state index contributed by atoms with van der Waals surface area (Å²) in [6.45, 7) is 4.29. The smallest absolute Gasteiger partial charge is 0.216 e. The van der Waals surface area contributed by atoms with Crippen LogP contribution in [-0.4, -0.2) is 33.5 Å². The van der Waals surface area contributed by atoms with Gasteiger partial charge in [0, 0.05) is 25.7 Å². The fourth-order valence-electron chi connectivity index (χ4n) is 3.02. The SMILES string of the molecule is CN=C(NCc1ccc(CS(=O)(=O)NC(C)C)cc1)NC1CCCC1.I. The van der Waals surface area contributed by atoms with Gasteiger partial charge >= 0.3 is 0 Å². The van der Waals surface area contributed by atoms with E-state index in [1.165, 1.54) is 25.7 Å². The first-order valence-electron chi connectivity index (χ1n) is 8.93. The Balaban J connectivity index is 0.00000338. The minimum absolute atomic E-state index is 0. The van der Waals surface area contributed by atoms with Gasteiger partial charge in [0.1, 0.15) is 0 Å². The minimum atomic E-state index is -3.28. The van der Waals surface area contributed by atoms with Gasteiger partial charge in [-0.1, -0.05) is 37.1 Å². The van der Waals surface area contributed by atoms with Crippen LogP contribution in [0.3, 0.4) is 0 Å². The fourth-order valence-corrected chi connectivity index (χ4v) is 4.45. The summed E-state index contributed by atoms with van der Waals surface area (Å²) in [6.07, 6.45) is 4.97. The van der Waals surface area contributed by atoms with Gasteiger partial charge in [-0.2, -0.15) is 0 Å². The van der Waals surface area contributed by atoms with Gasteiger partial charge in [-0.05, 0) is 37.8 Å². The molecule has 0 spiro atoms. The maximum absolute atomic E-state index is 12.0. The summed E-state index contributed by atoms with van der Waals surface area (Å²) in [5.41, 5.74) is 1.87. The van der Waals surface area contributed by atoms with Crippen molar-refractivity contribution in [1.82, 2.24) is 15.4 Å². The molecule has 0 saturated heterocycles. The second-order valence-corrected chi connectivity index (χ2v) is 8.65. The van der Waals surface area contributed by atoms with Crippen molar-refractivity contribution in [1.29, 1.82) is 0 Å². The molecule has 8 heteroatoms. The Kier molecular flexibility index (Phi) is 9.88. The number of hydrogen-bond acceptors (Lipinski definition) is 3. The second-order valence-electron chi connectivity index (χ2n) is 6.90. The molecule has 0 unspecified atom stereocenters. The predicted molar refractivity (Wildman–Crippen MR) is 118 cm³/mol. The summed E-state index contributed by atoms with van der Waals surface area (Å²) in [7, 11) is -1.51. The highest BCUT2D eigenvalue weighted by molar-refractivity contribution is 14.0. The Morgan fingerprint density at radius 3 is 2.27 bits per heavy atom. The lowest BCUT2D eigenvalue weighted by Gasteiger charge is -2.17. The lowest BCUT2D eigenvalue weighted by atomic mass is 10.1. The van der Waals surface area contributed by atoms with Crippen LogP contribution in [-0.2, 0) is 22.3 Å². The van der Waals surface area contributed by atoms with Crippen LogP contribution in [0.4, 0.5) is 0 Å². The van der Waals surface area contributed by atoms with E-state index in [0.717, 1.165) is 17.1 Å². The van der Waals surface area contributed by atoms with Crippen molar-refractivity contribution in [3.8, 4) is 0 Å². The molecule has 0 amide bonds. The zero-order valence-corrected chi connectivity index (χ0v) is 18.9. The maximum atomic E-state index is 12.0. The zero-order valence-electron chi connectivity index (χ0n) is 15.8. The number of benzene rings is 1. The van der Waals surface area contributed by atoms with E-state index < -0.39 is 10.0 Å².